The molecule has 1 aromatic carbocycles. The van der Waals surface area contributed by atoms with Crippen LogP contribution in [0.5, 0.6) is 5.75 Å². The first kappa shape index (κ1) is 13.5. The van der Waals surface area contributed by atoms with Crippen LogP contribution in [0.1, 0.15) is 0 Å². The summed E-state index contributed by atoms with van der Waals surface area (Å²) in [6, 6.07) is 5.58. The van der Waals surface area contributed by atoms with Crippen molar-refractivity contribution in [2.45, 2.75) is 11.7 Å². The van der Waals surface area contributed by atoms with Crippen LogP contribution in [0.4, 0.5) is 0 Å². The summed E-state index contributed by atoms with van der Waals surface area (Å²) in [4.78, 5) is 15.1. The predicted molar refractivity (Wildman–Crippen MR) is 74.8 cm³/mol. The van der Waals surface area contributed by atoms with Crippen molar-refractivity contribution in [1.82, 2.24) is 9.55 Å². The van der Waals surface area contributed by atoms with Gasteiger partial charge in [0.15, 0.2) is 5.16 Å². The maximum absolute atomic E-state index is 10.7. The first-order valence-electron chi connectivity index (χ1n) is 5.65. The number of nitrogens with zero attached hydrogens (tertiary/aromatic N) is 2. The number of methoxy groups -OCH3 is 1. The summed E-state index contributed by atoms with van der Waals surface area (Å²) in [5, 5.41) is 9.43. The molecular weight excluding hydrogens is 264 g/mol. The normalized spacial score (nSPS) is 10.6. The van der Waals surface area contributed by atoms with E-state index in [0.29, 0.717) is 11.7 Å². The Labute approximate surface area is 114 Å². The summed E-state index contributed by atoms with van der Waals surface area (Å²) >= 11 is 1.20. The molecule has 0 bridgehead atoms. The fourth-order valence-corrected chi connectivity index (χ4v) is 2.49. The first-order chi connectivity index (χ1) is 9.15. The molecule has 0 aliphatic heterocycles. The molecule has 2 rings (SSSR count). The fraction of sp³-hybridized carbons (Fsp3) is 0.231. The van der Waals surface area contributed by atoms with Gasteiger partial charge in [-0.2, -0.15) is 0 Å². The summed E-state index contributed by atoms with van der Waals surface area (Å²) in [5.74, 6) is -0.135. The lowest BCUT2D eigenvalue weighted by Gasteiger charge is -2.05. The Kier molecular flexibility index (Phi) is 4.11. The number of allylic oxidation sites excluding steroid dienone is 1. The molecule has 5 nitrogen and oxygen atoms in total. The Morgan fingerprint density at radius 3 is 3.05 bits per heavy atom. The van der Waals surface area contributed by atoms with Crippen LogP contribution in [0, 0.1) is 0 Å². The lowest BCUT2D eigenvalue weighted by molar-refractivity contribution is -0.133. The van der Waals surface area contributed by atoms with Crippen molar-refractivity contribution < 1.29 is 14.6 Å². The molecule has 1 heterocycles. The molecule has 0 radical (unpaired) electrons. The maximum atomic E-state index is 10.7. The number of carboxylic acid groups (broad SMARTS) is 1. The average molecular weight is 278 g/mol. The molecule has 0 fully saturated rings. The molecule has 0 atom stereocenters. The van der Waals surface area contributed by atoms with Crippen LogP contribution in [0.15, 0.2) is 36.0 Å². The van der Waals surface area contributed by atoms with Crippen LogP contribution < -0.4 is 4.74 Å². The van der Waals surface area contributed by atoms with Gasteiger partial charge < -0.3 is 14.4 Å². The minimum absolute atomic E-state index is 0.0163. The van der Waals surface area contributed by atoms with Gasteiger partial charge in [-0.1, -0.05) is 17.8 Å². The second-order valence-corrected chi connectivity index (χ2v) is 4.77. The van der Waals surface area contributed by atoms with Gasteiger partial charge >= 0.3 is 5.97 Å². The number of rotatable bonds is 6. The van der Waals surface area contributed by atoms with Crippen molar-refractivity contribution in [2.24, 2.45) is 0 Å². The van der Waals surface area contributed by atoms with Gasteiger partial charge in [0.2, 0.25) is 0 Å². The van der Waals surface area contributed by atoms with Gasteiger partial charge in [0.05, 0.1) is 23.9 Å². The quantitative estimate of drug-likeness (QED) is 0.649. The summed E-state index contributed by atoms with van der Waals surface area (Å²) in [5.41, 5.74) is 1.72. The molecule has 6 heteroatoms. The van der Waals surface area contributed by atoms with E-state index in [9.17, 15) is 4.79 Å². The zero-order valence-corrected chi connectivity index (χ0v) is 11.3. The highest BCUT2D eigenvalue weighted by Crippen LogP contribution is 2.27. The van der Waals surface area contributed by atoms with Crippen molar-refractivity contribution in [3.05, 3.63) is 30.9 Å². The summed E-state index contributed by atoms with van der Waals surface area (Å²) in [6.07, 6.45) is 1.76. The molecular formula is C13H14N2O3S. The van der Waals surface area contributed by atoms with Crippen LogP contribution in [-0.4, -0.2) is 33.5 Å². The van der Waals surface area contributed by atoms with Gasteiger partial charge in [0.1, 0.15) is 5.75 Å². The number of thioether (sulfide) groups is 1. The largest absolute Gasteiger partial charge is 0.497 e. The predicted octanol–water partition coefficient (Wildman–Crippen LogP) is 2.41. The smallest absolute Gasteiger partial charge is 0.313 e. The lowest BCUT2D eigenvalue weighted by Crippen LogP contribution is -2.02. The third-order valence-electron chi connectivity index (χ3n) is 2.56. The van der Waals surface area contributed by atoms with E-state index in [1.54, 1.807) is 13.2 Å². The number of benzene rings is 1. The number of aliphatic carboxylic acids is 1. The molecule has 1 N–H and O–H groups in total. The van der Waals surface area contributed by atoms with Crippen molar-refractivity contribution >= 4 is 28.8 Å². The molecule has 0 aliphatic rings. The van der Waals surface area contributed by atoms with Crippen molar-refractivity contribution in [1.29, 1.82) is 0 Å². The highest BCUT2D eigenvalue weighted by atomic mass is 32.2. The summed E-state index contributed by atoms with van der Waals surface area (Å²) in [6.45, 7) is 4.29. The molecule has 2 aromatic rings. The SMILES string of the molecule is C=CCn1c(SCC(=O)O)nc2ccc(OC)cc21. The summed E-state index contributed by atoms with van der Waals surface area (Å²) in [7, 11) is 1.61. The third-order valence-corrected chi connectivity index (χ3v) is 3.52. The van der Waals surface area contributed by atoms with E-state index < -0.39 is 5.97 Å². The van der Waals surface area contributed by atoms with Crippen molar-refractivity contribution in [2.75, 3.05) is 12.9 Å². The molecule has 0 amide bonds. The highest BCUT2D eigenvalue weighted by Gasteiger charge is 2.12. The van der Waals surface area contributed by atoms with Crippen molar-refractivity contribution in [3.63, 3.8) is 0 Å². The molecule has 0 spiro atoms. The Bertz CT molecular complexity index is 622. The van der Waals surface area contributed by atoms with Gasteiger partial charge in [-0.15, -0.1) is 6.58 Å². The number of aromatic nitrogens is 2. The zero-order valence-electron chi connectivity index (χ0n) is 10.5. The van der Waals surface area contributed by atoms with E-state index in [1.165, 1.54) is 11.8 Å². The monoisotopic (exact) mass is 278 g/mol. The third kappa shape index (κ3) is 2.90. The highest BCUT2D eigenvalue weighted by molar-refractivity contribution is 7.99. The Morgan fingerprint density at radius 1 is 1.63 bits per heavy atom. The van der Waals surface area contributed by atoms with Crippen LogP contribution in [-0.2, 0) is 11.3 Å². The second kappa shape index (κ2) is 5.79. The van der Waals surface area contributed by atoms with Gasteiger partial charge in [-0.25, -0.2) is 4.98 Å². The van der Waals surface area contributed by atoms with Crippen LogP contribution in [0.25, 0.3) is 11.0 Å². The van der Waals surface area contributed by atoms with E-state index >= 15 is 0 Å². The zero-order chi connectivity index (χ0) is 13.8. The Morgan fingerprint density at radius 2 is 2.42 bits per heavy atom. The minimum atomic E-state index is -0.861. The van der Waals surface area contributed by atoms with Crippen LogP contribution >= 0.6 is 11.8 Å². The van der Waals surface area contributed by atoms with E-state index in [-0.39, 0.29) is 5.75 Å². The molecule has 19 heavy (non-hydrogen) atoms. The van der Waals surface area contributed by atoms with Gasteiger partial charge in [-0.3, -0.25) is 4.79 Å². The molecule has 1 aromatic heterocycles. The number of imidazole rings is 1. The van der Waals surface area contributed by atoms with E-state index in [2.05, 4.69) is 11.6 Å². The molecule has 100 valence electrons. The minimum Gasteiger partial charge on any atom is -0.497 e. The Hall–Kier alpha value is -1.95. The lowest BCUT2D eigenvalue weighted by atomic mass is 10.3. The molecule has 0 unspecified atom stereocenters. The first-order valence-corrected chi connectivity index (χ1v) is 6.64. The van der Waals surface area contributed by atoms with Crippen LogP contribution in [0.3, 0.4) is 0 Å². The topological polar surface area (TPSA) is 64.4 Å². The van der Waals surface area contributed by atoms with Gasteiger partial charge in [0, 0.05) is 12.6 Å². The number of hydrogen-bond donors (Lipinski definition) is 1. The maximum Gasteiger partial charge on any atom is 0.313 e. The number of carboxylic acids is 1. The summed E-state index contributed by atoms with van der Waals surface area (Å²) < 4.78 is 7.12. The van der Waals surface area contributed by atoms with Gasteiger partial charge in [0.25, 0.3) is 0 Å². The molecule has 0 saturated carbocycles. The number of carbonyl (C=O) groups is 1. The molecule has 0 saturated heterocycles. The second-order valence-electron chi connectivity index (χ2n) is 3.83. The standard InChI is InChI=1S/C13H14N2O3S/c1-3-6-15-11-7-9(18-2)4-5-10(11)14-13(15)19-8-12(16)17/h3-5,7H,1,6,8H2,2H3,(H,16,17). The number of ether oxygens (including phenoxy) is 1. The van der Waals surface area contributed by atoms with Crippen molar-refractivity contribution in [3.8, 4) is 5.75 Å². The fourth-order valence-electron chi connectivity index (χ4n) is 1.75. The van der Waals surface area contributed by atoms with Crippen LogP contribution in [0.2, 0.25) is 0 Å². The van der Waals surface area contributed by atoms with E-state index in [0.717, 1.165) is 16.8 Å². The Balaban J connectivity index is 2.47. The van der Waals surface area contributed by atoms with E-state index in [4.69, 9.17) is 9.84 Å². The number of fused-ring (bicyclic) bond motifs is 1. The average Bonchev–Trinajstić information content (AvgIpc) is 2.74. The van der Waals surface area contributed by atoms with E-state index in [1.807, 2.05) is 22.8 Å². The number of hydrogen-bond acceptors (Lipinski definition) is 4. The molecule has 0 aliphatic carbocycles. The van der Waals surface area contributed by atoms with Gasteiger partial charge in [-0.05, 0) is 12.1 Å².